The summed E-state index contributed by atoms with van der Waals surface area (Å²) in [5, 5.41) is 1.12. The normalized spacial score (nSPS) is 17.1. The van der Waals surface area contributed by atoms with Crippen LogP contribution in [0.25, 0.3) is 6.08 Å². The molecular formula is C18H23Cl2NO. The number of likely N-dealkylation sites (tertiary alicyclic amines) is 1. The van der Waals surface area contributed by atoms with Crippen molar-refractivity contribution in [3.05, 3.63) is 39.9 Å². The van der Waals surface area contributed by atoms with Gasteiger partial charge in [-0.15, -0.1) is 0 Å². The van der Waals surface area contributed by atoms with E-state index >= 15 is 0 Å². The Balaban J connectivity index is 2.04. The number of allylic oxidation sites excluding steroid dienone is 1. The Morgan fingerprint density at radius 3 is 2.36 bits per heavy atom. The topological polar surface area (TPSA) is 20.3 Å². The van der Waals surface area contributed by atoms with Crippen molar-refractivity contribution in [1.29, 1.82) is 0 Å². The van der Waals surface area contributed by atoms with Gasteiger partial charge in [-0.1, -0.05) is 49.5 Å². The lowest BCUT2D eigenvalue weighted by Crippen LogP contribution is -2.41. The van der Waals surface area contributed by atoms with Gasteiger partial charge >= 0.3 is 0 Å². The van der Waals surface area contributed by atoms with Crippen molar-refractivity contribution in [3.63, 3.8) is 0 Å². The van der Waals surface area contributed by atoms with Crippen LogP contribution < -0.4 is 0 Å². The van der Waals surface area contributed by atoms with E-state index in [-0.39, 0.29) is 5.78 Å². The van der Waals surface area contributed by atoms with E-state index in [0.717, 1.165) is 19.6 Å². The van der Waals surface area contributed by atoms with Crippen molar-refractivity contribution in [2.24, 2.45) is 5.41 Å². The lowest BCUT2D eigenvalue weighted by molar-refractivity contribution is -0.123. The minimum atomic E-state index is -0.401. The molecular weight excluding hydrogens is 317 g/mol. The van der Waals surface area contributed by atoms with Gasteiger partial charge in [-0.05, 0) is 50.2 Å². The van der Waals surface area contributed by atoms with Crippen LogP contribution in [0.15, 0.2) is 24.3 Å². The highest BCUT2D eigenvalue weighted by atomic mass is 35.5. The minimum Gasteiger partial charge on any atom is -0.302 e. The Morgan fingerprint density at radius 2 is 1.77 bits per heavy atom. The molecule has 1 aromatic carbocycles. The fraction of sp³-hybridized carbons (Fsp3) is 0.500. The van der Waals surface area contributed by atoms with Crippen molar-refractivity contribution in [3.8, 4) is 0 Å². The van der Waals surface area contributed by atoms with E-state index in [4.69, 9.17) is 23.2 Å². The molecule has 0 saturated carbocycles. The van der Waals surface area contributed by atoms with E-state index in [1.807, 2.05) is 13.8 Å². The lowest BCUT2D eigenvalue weighted by Gasteiger charge is -2.33. The van der Waals surface area contributed by atoms with E-state index in [0.29, 0.717) is 15.6 Å². The van der Waals surface area contributed by atoms with Crippen molar-refractivity contribution in [2.75, 3.05) is 19.6 Å². The van der Waals surface area contributed by atoms with E-state index in [1.165, 1.54) is 19.3 Å². The molecule has 1 aliphatic rings. The standard InChI is InChI=1S/C18H23Cl2NO/c1-18(2,13-21-11-4-3-5-12-21)17(22)10-9-14-15(19)7-6-8-16(14)20/h6-10H,3-5,11-13H2,1-2H3. The molecule has 2 rings (SSSR count). The number of benzene rings is 1. The molecule has 1 heterocycles. The number of hydrogen-bond donors (Lipinski definition) is 0. The molecule has 0 radical (unpaired) electrons. The SMILES string of the molecule is CC(C)(CN1CCCCC1)C(=O)C=Cc1c(Cl)cccc1Cl. The molecule has 4 heteroatoms. The molecule has 1 fully saturated rings. The monoisotopic (exact) mass is 339 g/mol. The smallest absolute Gasteiger partial charge is 0.162 e. The van der Waals surface area contributed by atoms with Crippen LogP contribution in [-0.2, 0) is 4.79 Å². The highest BCUT2D eigenvalue weighted by Gasteiger charge is 2.28. The Kier molecular flexibility index (Phi) is 6.08. The second-order valence-corrected chi connectivity index (χ2v) is 7.37. The Morgan fingerprint density at radius 1 is 1.18 bits per heavy atom. The maximum atomic E-state index is 12.5. The number of nitrogens with zero attached hydrogens (tertiary/aromatic N) is 1. The molecule has 0 unspecified atom stereocenters. The molecule has 1 aromatic rings. The Hall–Kier alpha value is -0.830. The average Bonchev–Trinajstić information content (AvgIpc) is 2.47. The van der Waals surface area contributed by atoms with Crippen molar-refractivity contribution in [2.45, 2.75) is 33.1 Å². The van der Waals surface area contributed by atoms with Crippen LogP contribution in [0.1, 0.15) is 38.7 Å². The van der Waals surface area contributed by atoms with Crippen LogP contribution in [-0.4, -0.2) is 30.3 Å². The molecule has 0 atom stereocenters. The van der Waals surface area contributed by atoms with Gasteiger partial charge < -0.3 is 4.90 Å². The van der Waals surface area contributed by atoms with Crippen LogP contribution in [0.5, 0.6) is 0 Å². The number of halogens is 2. The summed E-state index contributed by atoms with van der Waals surface area (Å²) in [6, 6.07) is 5.34. The largest absolute Gasteiger partial charge is 0.302 e. The first-order valence-corrected chi connectivity index (χ1v) is 8.54. The molecule has 120 valence electrons. The van der Waals surface area contributed by atoms with Gasteiger partial charge in [0.1, 0.15) is 0 Å². The van der Waals surface area contributed by atoms with Gasteiger partial charge in [0.05, 0.1) is 0 Å². The molecule has 0 spiro atoms. The maximum Gasteiger partial charge on any atom is 0.162 e. The van der Waals surface area contributed by atoms with Crippen LogP contribution in [0.2, 0.25) is 10.0 Å². The van der Waals surface area contributed by atoms with E-state index in [9.17, 15) is 4.79 Å². The first-order valence-electron chi connectivity index (χ1n) is 7.79. The molecule has 1 aliphatic heterocycles. The highest BCUT2D eigenvalue weighted by molar-refractivity contribution is 6.37. The van der Waals surface area contributed by atoms with Gasteiger partial charge in [-0.3, -0.25) is 4.79 Å². The number of piperidine rings is 1. The van der Waals surface area contributed by atoms with E-state index < -0.39 is 5.41 Å². The molecule has 2 nitrogen and oxygen atoms in total. The zero-order valence-corrected chi connectivity index (χ0v) is 14.8. The summed E-state index contributed by atoms with van der Waals surface area (Å²) in [5.41, 5.74) is 0.301. The van der Waals surface area contributed by atoms with Crippen LogP contribution in [0.3, 0.4) is 0 Å². The number of carbonyl (C=O) groups excluding carboxylic acids is 1. The third kappa shape index (κ3) is 4.58. The predicted octanol–water partition coefficient (Wildman–Crippen LogP) is 5.09. The summed E-state index contributed by atoms with van der Waals surface area (Å²) in [6.07, 6.45) is 7.10. The van der Waals surface area contributed by atoms with Gasteiger partial charge in [-0.2, -0.15) is 0 Å². The fourth-order valence-electron chi connectivity index (χ4n) is 2.81. The summed E-state index contributed by atoms with van der Waals surface area (Å²) in [4.78, 5) is 14.9. The van der Waals surface area contributed by atoms with E-state index in [1.54, 1.807) is 30.4 Å². The van der Waals surface area contributed by atoms with Crippen molar-refractivity contribution < 1.29 is 4.79 Å². The summed E-state index contributed by atoms with van der Waals surface area (Å²) in [5.74, 6) is 0.106. The Bertz CT molecular complexity index is 540. The highest BCUT2D eigenvalue weighted by Crippen LogP contribution is 2.27. The van der Waals surface area contributed by atoms with E-state index in [2.05, 4.69) is 4.90 Å². The van der Waals surface area contributed by atoms with Crippen LogP contribution >= 0.6 is 23.2 Å². The molecule has 0 bridgehead atoms. The summed E-state index contributed by atoms with van der Waals surface area (Å²) >= 11 is 12.3. The molecule has 0 aromatic heterocycles. The molecule has 1 saturated heterocycles. The van der Waals surface area contributed by atoms with Gasteiger partial charge in [0.15, 0.2) is 5.78 Å². The third-order valence-electron chi connectivity index (χ3n) is 4.14. The van der Waals surface area contributed by atoms with Gasteiger partial charge in [0.25, 0.3) is 0 Å². The van der Waals surface area contributed by atoms with Crippen molar-refractivity contribution >= 4 is 35.1 Å². The summed E-state index contributed by atoms with van der Waals surface area (Å²) in [6.45, 7) is 6.99. The number of ketones is 1. The summed E-state index contributed by atoms with van der Waals surface area (Å²) in [7, 11) is 0. The Labute approximate surface area is 143 Å². The number of carbonyl (C=O) groups is 1. The second-order valence-electron chi connectivity index (χ2n) is 6.55. The maximum absolute atomic E-state index is 12.5. The fourth-order valence-corrected chi connectivity index (χ4v) is 3.33. The van der Waals surface area contributed by atoms with Crippen LogP contribution in [0, 0.1) is 5.41 Å². The lowest BCUT2D eigenvalue weighted by atomic mass is 9.86. The van der Waals surface area contributed by atoms with Gasteiger partial charge in [0, 0.05) is 27.6 Å². The zero-order chi connectivity index (χ0) is 16.2. The third-order valence-corrected chi connectivity index (χ3v) is 4.79. The molecule has 0 N–H and O–H groups in total. The average molecular weight is 340 g/mol. The van der Waals surface area contributed by atoms with Crippen molar-refractivity contribution in [1.82, 2.24) is 4.90 Å². The second kappa shape index (κ2) is 7.63. The summed E-state index contributed by atoms with van der Waals surface area (Å²) < 4.78 is 0. The molecule has 0 aliphatic carbocycles. The minimum absolute atomic E-state index is 0.106. The molecule has 0 amide bonds. The zero-order valence-electron chi connectivity index (χ0n) is 13.2. The quantitative estimate of drug-likeness (QED) is 0.696. The van der Waals surface area contributed by atoms with Gasteiger partial charge in [-0.25, -0.2) is 0 Å². The van der Waals surface area contributed by atoms with Gasteiger partial charge in [0.2, 0.25) is 0 Å². The first kappa shape index (κ1) is 17.5. The van der Waals surface area contributed by atoms with Crippen LogP contribution in [0.4, 0.5) is 0 Å². The predicted molar refractivity (Wildman–Crippen MR) is 94.6 cm³/mol. The first-order chi connectivity index (χ1) is 10.4. The molecule has 22 heavy (non-hydrogen) atoms. The number of hydrogen-bond acceptors (Lipinski definition) is 2. The number of rotatable bonds is 5.